The van der Waals surface area contributed by atoms with Crippen LogP contribution in [-0.2, 0) is 4.43 Å². The van der Waals surface area contributed by atoms with E-state index in [0.717, 1.165) is 12.8 Å². The molecule has 1 nitrogen and oxygen atoms in total. The predicted molar refractivity (Wildman–Crippen MR) is 118 cm³/mol. The van der Waals surface area contributed by atoms with Crippen LogP contribution in [0, 0.1) is 0 Å². The zero-order valence-electron chi connectivity index (χ0n) is 16.5. The van der Waals surface area contributed by atoms with Gasteiger partial charge < -0.3 is 4.43 Å². The summed E-state index contributed by atoms with van der Waals surface area (Å²) in [5, 5.41) is 2.62. The molecule has 1 aliphatic carbocycles. The van der Waals surface area contributed by atoms with E-state index >= 15 is 0 Å². The van der Waals surface area contributed by atoms with E-state index in [9.17, 15) is 0 Å². The summed E-state index contributed by atoms with van der Waals surface area (Å²) in [5.41, 5.74) is -0.141. The first kappa shape index (κ1) is 21.5. The van der Waals surface area contributed by atoms with Crippen LogP contribution in [0.15, 0.2) is 73.3 Å². The second kappa shape index (κ2) is 11.1. The minimum absolute atomic E-state index is 0.141. The van der Waals surface area contributed by atoms with Gasteiger partial charge in [0.25, 0.3) is 9.04 Å². The molecule has 0 unspecified atom stereocenters. The second-order valence-corrected chi connectivity index (χ2v) is 18.1. The molecule has 0 N–H and O–H groups in total. The maximum absolute atomic E-state index is 6.78. The van der Waals surface area contributed by atoms with Crippen molar-refractivity contribution in [1.29, 1.82) is 0 Å². The van der Waals surface area contributed by atoms with Crippen molar-refractivity contribution in [2.24, 2.45) is 0 Å². The standard InChI is InChI=1S/C20H23OSi.3CH3.Sn/c1-2-20(16-10-5-11-17-20)21-22(18-12-6-3-7-13-18)19-14-8-4-9-15-19;;;;/h2-4,6-9,12-15H,1,5,10-11,16-17H2;3*1H3;. The van der Waals surface area contributed by atoms with Crippen LogP contribution in [0.5, 0.6) is 0 Å². The van der Waals surface area contributed by atoms with E-state index in [-0.39, 0.29) is 5.60 Å². The first-order valence-electron chi connectivity index (χ1n) is 9.63. The van der Waals surface area contributed by atoms with Crippen molar-refractivity contribution in [3.8, 4) is 0 Å². The van der Waals surface area contributed by atoms with E-state index < -0.39 is 28.8 Å². The summed E-state index contributed by atoms with van der Waals surface area (Å²) in [6, 6.07) is 21.3. The average molecular weight is 471 g/mol. The molecule has 138 valence electrons. The first-order valence-corrected chi connectivity index (χ1v) is 19.6. The van der Waals surface area contributed by atoms with E-state index in [1.807, 2.05) is 0 Å². The molecule has 0 amide bonds. The molecule has 1 aliphatic rings. The zero-order valence-corrected chi connectivity index (χ0v) is 20.4. The average Bonchev–Trinajstić information content (AvgIpc) is 2.68. The molecule has 1 saturated carbocycles. The van der Waals surface area contributed by atoms with E-state index in [0.29, 0.717) is 0 Å². The fourth-order valence-electron chi connectivity index (χ4n) is 3.16. The SMILES string of the molecule is C=CC1(O[Si](c2ccccc2)c2ccccc2)CCCCC1.[CH3][Sn]([CH3])[CH3]. The van der Waals surface area contributed by atoms with Gasteiger partial charge in [-0.1, -0.05) is 86.0 Å². The van der Waals surface area contributed by atoms with Gasteiger partial charge in [-0.15, -0.1) is 6.58 Å². The summed E-state index contributed by atoms with van der Waals surface area (Å²) in [5.74, 6) is 0. The Morgan fingerprint density at radius 1 is 0.846 bits per heavy atom. The molecule has 2 aromatic carbocycles. The van der Waals surface area contributed by atoms with Gasteiger partial charge in [0.2, 0.25) is 0 Å². The molecule has 26 heavy (non-hydrogen) atoms. The fraction of sp³-hybridized carbons (Fsp3) is 0.391. The van der Waals surface area contributed by atoms with Crippen LogP contribution in [0.3, 0.4) is 0 Å². The fourth-order valence-corrected chi connectivity index (χ4v) is 5.42. The molecule has 0 saturated heterocycles. The molecule has 0 spiro atoms. The Morgan fingerprint density at radius 2 is 1.27 bits per heavy atom. The van der Waals surface area contributed by atoms with Crippen molar-refractivity contribution in [1.82, 2.24) is 0 Å². The Hall–Kier alpha value is -0.844. The van der Waals surface area contributed by atoms with E-state index in [1.165, 1.54) is 29.6 Å². The van der Waals surface area contributed by atoms with Crippen LogP contribution >= 0.6 is 0 Å². The van der Waals surface area contributed by atoms with Crippen molar-refractivity contribution in [3.63, 3.8) is 0 Å². The van der Waals surface area contributed by atoms with Crippen molar-refractivity contribution in [3.05, 3.63) is 73.3 Å². The van der Waals surface area contributed by atoms with Crippen molar-refractivity contribution < 1.29 is 4.43 Å². The minimum atomic E-state index is -1.24. The van der Waals surface area contributed by atoms with Gasteiger partial charge in [0.1, 0.15) is 0 Å². The molecule has 3 rings (SSSR count). The normalized spacial score (nSPS) is 16.0. The van der Waals surface area contributed by atoms with Gasteiger partial charge in [-0.3, -0.25) is 0 Å². The van der Waals surface area contributed by atoms with Gasteiger partial charge in [-0.05, 0) is 23.2 Å². The summed E-state index contributed by atoms with van der Waals surface area (Å²) in [4.78, 5) is 7.09. The van der Waals surface area contributed by atoms with Crippen LogP contribution in [0.2, 0.25) is 14.8 Å². The molecular formula is C23H32OSiSn. The topological polar surface area (TPSA) is 9.23 Å². The summed E-state index contributed by atoms with van der Waals surface area (Å²) >= 11 is -0.543. The summed E-state index contributed by atoms with van der Waals surface area (Å²) < 4.78 is 6.78. The Labute approximate surface area is 169 Å². The van der Waals surface area contributed by atoms with E-state index in [1.54, 1.807) is 0 Å². The Kier molecular flexibility index (Phi) is 9.16. The monoisotopic (exact) mass is 472 g/mol. The molecule has 2 radical (unpaired) electrons. The van der Waals surface area contributed by atoms with Crippen LogP contribution in [0.4, 0.5) is 0 Å². The van der Waals surface area contributed by atoms with Crippen LogP contribution in [-0.4, -0.2) is 34.4 Å². The second-order valence-electron chi connectivity index (χ2n) is 7.49. The molecule has 0 aromatic heterocycles. The molecule has 0 atom stereocenters. The van der Waals surface area contributed by atoms with Crippen molar-refractivity contribution in [2.45, 2.75) is 52.5 Å². The Bertz CT molecular complexity index is 594. The maximum atomic E-state index is 6.78. The molecule has 2 aromatic rings. The van der Waals surface area contributed by atoms with Gasteiger partial charge in [-0.25, -0.2) is 0 Å². The number of benzene rings is 2. The van der Waals surface area contributed by atoms with E-state index in [2.05, 4.69) is 88.1 Å². The summed E-state index contributed by atoms with van der Waals surface area (Å²) in [7, 11) is -1.24. The molecule has 1 fully saturated rings. The van der Waals surface area contributed by atoms with Gasteiger partial charge in [0.05, 0.1) is 5.60 Å². The molecule has 3 heteroatoms. The van der Waals surface area contributed by atoms with Gasteiger partial charge in [0.15, 0.2) is 0 Å². The summed E-state index contributed by atoms with van der Waals surface area (Å²) in [6.07, 6.45) is 8.06. The third-order valence-electron chi connectivity index (χ3n) is 4.45. The quantitative estimate of drug-likeness (QED) is 0.437. The van der Waals surface area contributed by atoms with Crippen LogP contribution in [0.1, 0.15) is 32.1 Å². The third kappa shape index (κ3) is 6.71. The van der Waals surface area contributed by atoms with E-state index in [4.69, 9.17) is 4.43 Å². The first-order chi connectivity index (χ1) is 12.6. The molecular weight excluding hydrogens is 439 g/mol. The van der Waals surface area contributed by atoms with Gasteiger partial charge >= 0.3 is 34.6 Å². The molecule has 0 bridgehead atoms. The van der Waals surface area contributed by atoms with Crippen molar-refractivity contribution in [2.75, 3.05) is 0 Å². The molecule has 0 heterocycles. The van der Waals surface area contributed by atoms with Crippen molar-refractivity contribution >= 4 is 39.2 Å². The zero-order chi connectivity index (χ0) is 18.8. The summed E-state index contributed by atoms with van der Waals surface area (Å²) in [6.45, 7) is 4.09. The number of rotatable bonds is 5. The number of hydrogen-bond donors (Lipinski definition) is 0. The molecule has 0 aliphatic heterocycles. The van der Waals surface area contributed by atoms with Crippen LogP contribution in [0.25, 0.3) is 0 Å². The van der Waals surface area contributed by atoms with Gasteiger partial charge in [-0.2, -0.15) is 0 Å². The Balaban J connectivity index is 0.000000552. The van der Waals surface area contributed by atoms with Gasteiger partial charge in [0, 0.05) is 0 Å². The predicted octanol–water partition coefficient (Wildman–Crippen LogP) is 5.07. The third-order valence-corrected chi connectivity index (χ3v) is 6.78. The van der Waals surface area contributed by atoms with Crippen LogP contribution < -0.4 is 10.4 Å². The number of hydrogen-bond acceptors (Lipinski definition) is 1. The Morgan fingerprint density at radius 3 is 1.65 bits per heavy atom.